The lowest BCUT2D eigenvalue weighted by molar-refractivity contribution is -0.117. The number of hydrogen-bond acceptors (Lipinski definition) is 16. The van der Waals surface area contributed by atoms with Crippen molar-refractivity contribution in [1.82, 2.24) is 29.9 Å². The second-order valence-electron chi connectivity index (χ2n) is 14.6. The number of nitrogens with zero attached hydrogens (tertiary/aromatic N) is 8. The van der Waals surface area contributed by atoms with Crippen molar-refractivity contribution in [2.24, 2.45) is 0 Å². The smallest absolute Gasteiger partial charge is 0.233 e. The van der Waals surface area contributed by atoms with Crippen molar-refractivity contribution >= 4 is 82.2 Å². The zero-order valence-electron chi connectivity index (χ0n) is 35.3. The standard InChI is InChI=1S/C46H52N12O4/c1-31-29-39(49-43-51-41(47-37-11-7-5-8-12-37)53-45(55-43)57(25-27-59)23-21-33(3)61)19-17-35(31)15-16-36-18-20-40(30-32(36)2)50-44-52-42(48-38-13-9-6-10-14-38)54-46(56-44)58(26-28-60)24-22-34(4)62/h5-20,29-30,59-60H,21-28H2,1-4H3,(H2,47,49,51,53,55)(H2,48,50,52,54,56). The van der Waals surface area contributed by atoms with Crippen LogP contribution in [0.25, 0.3) is 12.2 Å². The summed E-state index contributed by atoms with van der Waals surface area (Å²) in [5.74, 6) is 1.96. The van der Waals surface area contributed by atoms with Crippen molar-refractivity contribution in [2.45, 2.75) is 40.5 Å². The van der Waals surface area contributed by atoms with Gasteiger partial charge >= 0.3 is 0 Å². The molecule has 0 aliphatic rings. The van der Waals surface area contributed by atoms with E-state index in [4.69, 9.17) is 0 Å². The van der Waals surface area contributed by atoms with E-state index in [9.17, 15) is 19.8 Å². The predicted octanol–water partition coefficient (Wildman–Crippen LogP) is 7.37. The lowest BCUT2D eigenvalue weighted by Crippen LogP contribution is -2.31. The van der Waals surface area contributed by atoms with E-state index in [1.165, 1.54) is 13.8 Å². The van der Waals surface area contributed by atoms with E-state index in [0.717, 1.165) is 45.0 Å². The van der Waals surface area contributed by atoms with E-state index in [-0.39, 0.29) is 50.7 Å². The van der Waals surface area contributed by atoms with Gasteiger partial charge in [0.25, 0.3) is 0 Å². The molecule has 0 spiro atoms. The maximum atomic E-state index is 11.8. The number of carbonyl (C=O) groups excluding carboxylic acids is 2. The van der Waals surface area contributed by atoms with E-state index in [1.807, 2.05) is 111 Å². The highest BCUT2D eigenvalue weighted by Gasteiger charge is 2.17. The van der Waals surface area contributed by atoms with Gasteiger partial charge in [-0.15, -0.1) is 0 Å². The molecule has 0 unspecified atom stereocenters. The van der Waals surface area contributed by atoms with Gasteiger partial charge in [0.15, 0.2) is 0 Å². The Bertz CT molecular complexity index is 2300. The van der Waals surface area contributed by atoms with Crippen LogP contribution in [0, 0.1) is 13.8 Å². The lowest BCUT2D eigenvalue weighted by Gasteiger charge is -2.22. The summed E-state index contributed by atoms with van der Waals surface area (Å²) in [6.07, 6.45) is 4.71. The monoisotopic (exact) mass is 836 g/mol. The van der Waals surface area contributed by atoms with Crippen LogP contribution in [-0.4, -0.2) is 91.1 Å². The zero-order valence-corrected chi connectivity index (χ0v) is 35.3. The molecule has 4 aromatic carbocycles. The summed E-state index contributed by atoms with van der Waals surface area (Å²) >= 11 is 0. The number of aromatic nitrogens is 6. The number of carbonyl (C=O) groups is 2. The SMILES string of the molecule is CC(=O)CCN(CCO)c1nc(Nc2ccccc2)nc(Nc2ccc(C=Cc3ccc(Nc4nc(Nc5ccccc5)nc(N(CCO)CCC(C)=O)n4)cc3C)c(C)c2)n1. The molecular formula is C46H52N12O4. The first-order valence-electron chi connectivity index (χ1n) is 20.4. The zero-order chi connectivity index (χ0) is 43.8. The minimum atomic E-state index is -0.130. The van der Waals surface area contributed by atoms with Gasteiger partial charge in [-0.05, 0) is 98.5 Å². The molecule has 16 nitrogen and oxygen atoms in total. The van der Waals surface area contributed by atoms with E-state index in [1.54, 1.807) is 9.80 Å². The molecular weight excluding hydrogens is 785 g/mol. The normalized spacial score (nSPS) is 11.0. The van der Waals surface area contributed by atoms with E-state index < -0.39 is 0 Å². The minimum absolute atomic E-state index is 0.0279. The molecule has 0 saturated carbocycles. The number of nitrogens with one attached hydrogen (secondary N) is 4. The van der Waals surface area contributed by atoms with Crippen LogP contribution in [0.15, 0.2) is 97.1 Å². The number of aliphatic hydroxyl groups is 2. The maximum Gasteiger partial charge on any atom is 0.233 e. The average Bonchev–Trinajstić information content (AvgIpc) is 3.24. The van der Waals surface area contributed by atoms with Gasteiger partial charge in [-0.3, -0.25) is 9.59 Å². The van der Waals surface area contributed by atoms with Crippen molar-refractivity contribution in [3.05, 3.63) is 119 Å². The van der Waals surface area contributed by atoms with E-state index in [2.05, 4.69) is 63.3 Å². The van der Waals surface area contributed by atoms with Crippen LogP contribution >= 0.6 is 0 Å². The van der Waals surface area contributed by atoms with Gasteiger partial charge in [-0.2, -0.15) is 29.9 Å². The van der Waals surface area contributed by atoms with Gasteiger partial charge < -0.3 is 41.3 Å². The molecule has 0 aliphatic carbocycles. The fourth-order valence-corrected chi connectivity index (χ4v) is 6.31. The highest BCUT2D eigenvalue weighted by atomic mass is 16.3. The van der Waals surface area contributed by atoms with E-state index >= 15 is 0 Å². The summed E-state index contributed by atoms with van der Waals surface area (Å²) in [7, 11) is 0. The molecule has 0 bridgehead atoms. The third-order valence-electron chi connectivity index (χ3n) is 9.57. The largest absolute Gasteiger partial charge is 0.395 e. The van der Waals surface area contributed by atoms with Crippen molar-refractivity contribution in [3.8, 4) is 0 Å². The lowest BCUT2D eigenvalue weighted by atomic mass is 10.0. The topological polar surface area (TPSA) is 207 Å². The molecule has 16 heteroatoms. The van der Waals surface area contributed by atoms with Gasteiger partial charge in [0.1, 0.15) is 11.6 Å². The summed E-state index contributed by atoms with van der Waals surface area (Å²) in [4.78, 5) is 55.0. The van der Waals surface area contributed by atoms with Gasteiger partial charge in [0.2, 0.25) is 35.7 Å². The summed E-state index contributed by atoms with van der Waals surface area (Å²) in [5.41, 5.74) is 7.22. The Morgan fingerprint density at radius 2 is 0.855 bits per heavy atom. The number of rotatable bonds is 22. The van der Waals surface area contributed by atoms with Gasteiger partial charge in [-0.1, -0.05) is 60.7 Å². The minimum Gasteiger partial charge on any atom is -0.395 e. The quantitative estimate of drug-likeness (QED) is 0.0369. The van der Waals surface area contributed by atoms with E-state index in [0.29, 0.717) is 48.8 Å². The fraction of sp³-hybridized carbons (Fsp3) is 0.261. The molecule has 2 heterocycles. The summed E-state index contributed by atoms with van der Waals surface area (Å²) in [6.45, 7) is 8.07. The second kappa shape index (κ2) is 21.8. The first-order chi connectivity index (χ1) is 30.0. The summed E-state index contributed by atoms with van der Waals surface area (Å²) in [5, 5.41) is 32.6. The Kier molecular flexibility index (Phi) is 15.6. The Morgan fingerprint density at radius 1 is 0.500 bits per heavy atom. The third-order valence-corrected chi connectivity index (χ3v) is 9.57. The molecule has 320 valence electrons. The van der Waals surface area contributed by atoms with Crippen molar-refractivity contribution < 1.29 is 19.8 Å². The molecule has 6 rings (SSSR count). The number of anilines is 10. The summed E-state index contributed by atoms with van der Waals surface area (Å²) in [6, 6.07) is 31.1. The number of hydrogen-bond donors (Lipinski definition) is 6. The number of benzene rings is 4. The van der Waals surface area contributed by atoms with Crippen LogP contribution in [0.4, 0.5) is 58.4 Å². The average molecular weight is 837 g/mol. The van der Waals surface area contributed by atoms with Gasteiger partial charge in [0, 0.05) is 61.8 Å². The van der Waals surface area contributed by atoms with Crippen molar-refractivity contribution in [1.29, 1.82) is 0 Å². The van der Waals surface area contributed by atoms with Crippen LogP contribution in [0.2, 0.25) is 0 Å². The molecule has 2 aromatic heterocycles. The molecule has 0 aliphatic heterocycles. The number of Topliss-reactive ketones (excluding diaryl/α,β-unsaturated/α-hetero) is 2. The molecule has 6 aromatic rings. The number of ketones is 2. The molecule has 0 radical (unpaired) electrons. The fourth-order valence-electron chi connectivity index (χ4n) is 6.31. The second-order valence-corrected chi connectivity index (χ2v) is 14.6. The van der Waals surface area contributed by atoms with Crippen molar-refractivity contribution in [3.63, 3.8) is 0 Å². The molecule has 0 saturated heterocycles. The Balaban J connectivity index is 1.19. The maximum absolute atomic E-state index is 11.8. The van der Waals surface area contributed by atoms with Crippen molar-refractivity contribution in [2.75, 3.05) is 70.5 Å². The van der Waals surface area contributed by atoms with Gasteiger partial charge in [0.05, 0.1) is 13.2 Å². The molecule has 0 atom stereocenters. The first-order valence-corrected chi connectivity index (χ1v) is 20.4. The Hall–Kier alpha value is -7.30. The number of aryl methyl sites for hydroxylation is 2. The molecule has 62 heavy (non-hydrogen) atoms. The highest BCUT2D eigenvalue weighted by Crippen LogP contribution is 2.26. The van der Waals surface area contributed by atoms with Crippen LogP contribution < -0.4 is 31.1 Å². The van der Waals surface area contributed by atoms with Crippen LogP contribution in [0.3, 0.4) is 0 Å². The Labute approximate surface area is 361 Å². The Morgan fingerprint density at radius 3 is 1.18 bits per heavy atom. The van der Waals surface area contributed by atoms with Crippen LogP contribution in [0.5, 0.6) is 0 Å². The first kappa shape index (κ1) is 44.3. The predicted molar refractivity (Wildman–Crippen MR) is 246 cm³/mol. The number of para-hydroxylation sites is 2. The third kappa shape index (κ3) is 13.1. The molecule has 6 N–H and O–H groups in total. The number of aliphatic hydroxyl groups excluding tert-OH is 2. The molecule has 0 fully saturated rings. The molecule has 0 amide bonds. The highest BCUT2D eigenvalue weighted by molar-refractivity contribution is 5.77. The van der Waals surface area contributed by atoms with Gasteiger partial charge in [-0.25, -0.2) is 0 Å². The van der Waals surface area contributed by atoms with Crippen LogP contribution in [-0.2, 0) is 9.59 Å². The summed E-state index contributed by atoms with van der Waals surface area (Å²) < 4.78 is 0. The van der Waals surface area contributed by atoms with Crippen LogP contribution in [0.1, 0.15) is 48.9 Å².